The normalized spacial score (nSPS) is 10.3. The highest BCUT2D eigenvalue weighted by Crippen LogP contribution is 2.27. The fourth-order valence-corrected chi connectivity index (χ4v) is 2.00. The molecule has 0 saturated heterocycles. The van der Waals surface area contributed by atoms with Crippen LogP contribution < -0.4 is 9.47 Å². The van der Waals surface area contributed by atoms with Gasteiger partial charge in [-0.15, -0.1) is 0 Å². The van der Waals surface area contributed by atoms with Gasteiger partial charge in [0.05, 0.1) is 14.2 Å². The Hall–Kier alpha value is -2.00. The van der Waals surface area contributed by atoms with Crippen molar-refractivity contribution in [1.29, 1.82) is 0 Å². The molecule has 0 radical (unpaired) electrons. The molecule has 0 bridgehead atoms. The molecule has 2 aromatic carbocycles. The quantitative estimate of drug-likeness (QED) is 0.896. The maximum atomic E-state index is 9.06. The summed E-state index contributed by atoms with van der Waals surface area (Å²) in [5, 5.41) is 9.06. The van der Waals surface area contributed by atoms with E-state index >= 15 is 0 Å². The zero-order chi connectivity index (χ0) is 13.7. The first-order chi connectivity index (χ1) is 9.26. The van der Waals surface area contributed by atoms with Crippen LogP contribution in [0.5, 0.6) is 11.5 Å². The van der Waals surface area contributed by atoms with Gasteiger partial charge in [-0.05, 0) is 47.4 Å². The molecule has 0 aliphatic carbocycles. The minimum absolute atomic E-state index is 0.134. The molecular weight excluding hydrogens is 240 g/mol. The molecule has 0 aliphatic rings. The molecule has 0 aliphatic heterocycles. The van der Waals surface area contributed by atoms with Gasteiger partial charge in [0.1, 0.15) is 11.5 Å². The van der Waals surface area contributed by atoms with Crippen molar-refractivity contribution in [3.05, 3.63) is 48.0 Å². The van der Waals surface area contributed by atoms with E-state index in [9.17, 15) is 0 Å². The first-order valence-corrected chi connectivity index (χ1v) is 6.20. The molecule has 0 saturated carbocycles. The standard InChI is InChI=1S/C16H18O3/c1-18-15-5-3-13(4-6-15)14-9-12(7-8-17)10-16(11-14)19-2/h3-6,9-11,17H,7-8H2,1-2H3. The average molecular weight is 258 g/mol. The predicted octanol–water partition coefficient (Wildman–Crippen LogP) is 2.91. The van der Waals surface area contributed by atoms with Crippen molar-refractivity contribution in [2.24, 2.45) is 0 Å². The van der Waals surface area contributed by atoms with Crippen molar-refractivity contribution >= 4 is 0 Å². The molecule has 0 atom stereocenters. The first kappa shape index (κ1) is 13.4. The van der Waals surface area contributed by atoms with Crippen molar-refractivity contribution in [2.45, 2.75) is 6.42 Å². The van der Waals surface area contributed by atoms with Gasteiger partial charge in [0.15, 0.2) is 0 Å². The Morgan fingerprint density at radius 1 is 0.842 bits per heavy atom. The van der Waals surface area contributed by atoms with Crippen LogP contribution in [0.1, 0.15) is 5.56 Å². The molecule has 3 heteroatoms. The fourth-order valence-electron chi connectivity index (χ4n) is 2.00. The van der Waals surface area contributed by atoms with Crippen LogP contribution in [0.4, 0.5) is 0 Å². The molecule has 0 heterocycles. The summed E-state index contributed by atoms with van der Waals surface area (Å²) in [6, 6.07) is 13.9. The van der Waals surface area contributed by atoms with E-state index in [0.29, 0.717) is 6.42 Å². The Kier molecular flexibility index (Phi) is 4.42. The number of hydrogen-bond acceptors (Lipinski definition) is 3. The second-order valence-electron chi connectivity index (χ2n) is 4.27. The SMILES string of the molecule is COc1ccc(-c2cc(CCO)cc(OC)c2)cc1. The van der Waals surface area contributed by atoms with E-state index in [1.54, 1.807) is 14.2 Å². The van der Waals surface area contributed by atoms with E-state index in [0.717, 1.165) is 28.2 Å². The summed E-state index contributed by atoms with van der Waals surface area (Å²) in [6.45, 7) is 0.134. The summed E-state index contributed by atoms with van der Waals surface area (Å²) in [5.74, 6) is 1.64. The molecule has 2 rings (SSSR count). The number of hydrogen-bond donors (Lipinski definition) is 1. The fraction of sp³-hybridized carbons (Fsp3) is 0.250. The van der Waals surface area contributed by atoms with Gasteiger partial charge in [0, 0.05) is 6.61 Å². The molecule has 100 valence electrons. The molecule has 1 N–H and O–H groups in total. The third-order valence-corrected chi connectivity index (χ3v) is 3.03. The lowest BCUT2D eigenvalue weighted by atomic mass is 10.0. The molecule has 3 nitrogen and oxygen atoms in total. The summed E-state index contributed by atoms with van der Waals surface area (Å²) in [4.78, 5) is 0. The van der Waals surface area contributed by atoms with E-state index < -0.39 is 0 Å². The van der Waals surface area contributed by atoms with Crippen LogP contribution in [-0.2, 0) is 6.42 Å². The van der Waals surface area contributed by atoms with Gasteiger partial charge in [-0.3, -0.25) is 0 Å². The van der Waals surface area contributed by atoms with Crippen molar-refractivity contribution in [1.82, 2.24) is 0 Å². The van der Waals surface area contributed by atoms with Crippen LogP contribution in [0.15, 0.2) is 42.5 Å². The van der Waals surface area contributed by atoms with Crippen LogP contribution in [0, 0.1) is 0 Å². The molecule has 0 fully saturated rings. The Labute approximate surface area is 113 Å². The minimum Gasteiger partial charge on any atom is -0.497 e. The van der Waals surface area contributed by atoms with Crippen molar-refractivity contribution < 1.29 is 14.6 Å². The average Bonchev–Trinajstić information content (AvgIpc) is 2.47. The molecular formula is C16H18O3. The molecule has 0 aromatic heterocycles. The predicted molar refractivity (Wildman–Crippen MR) is 75.8 cm³/mol. The van der Waals surface area contributed by atoms with Crippen molar-refractivity contribution in [3.8, 4) is 22.6 Å². The Bertz CT molecular complexity index is 532. The number of rotatable bonds is 5. The van der Waals surface area contributed by atoms with E-state index in [1.807, 2.05) is 36.4 Å². The zero-order valence-corrected chi connectivity index (χ0v) is 11.2. The summed E-state index contributed by atoms with van der Waals surface area (Å²) >= 11 is 0. The molecule has 2 aromatic rings. The maximum Gasteiger partial charge on any atom is 0.119 e. The Balaban J connectivity index is 2.38. The monoisotopic (exact) mass is 258 g/mol. The maximum absolute atomic E-state index is 9.06. The van der Waals surface area contributed by atoms with Crippen LogP contribution in [0.25, 0.3) is 11.1 Å². The van der Waals surface area contributed by atoms with Crippen LogP contribution in [0.3, 0.4) is 0 Å². The number of aliphatic hydroxyl groups excluding tert-OH is 1. The summed E-state index contributed by atoms with van der Waals surface area (Å²) < 4.78 is 10.5. The summed E-state index contributed by atoms with van der Waals surface area (Å²) in [7, 11) is 3.30. The van der Waals surface area contributed by atoms with E-state index in [-0.39, 0.29) is 6.61 Å². The molecule has 0 unspecified atom stereocenters. The largest absolute Gasteiger partial charge is 0.497 e. The highest BCUT2D eigenvalue weighted by Gasteiger charge is 2.04. The zero-order valence-electron chi connectivity index (χ0n) is 11.2. The van der Waals surface area contributed by atoms with Gasteiger partial charge >= 0.3 is 0 Å². The third kappa shape index (κ3) is 3.26. The number of methoxy groups -OCH3 is 2. The lowest BCUT2D eigenvalue weighted by Gasteiger charge is -2.09. The lowest BCUT2D eigenvalue weighted by molar-refractivity contribution is 0.299. The van der Waals surface area contributed by atoms with Gasteiger partial charge in [0.25, 0.3) is 0 Å². The first-order valence-electron chi connectivity index (χ1n) is 6.20. The van der Waals surface area contributed by atoms with E-state index in [4.69, 9.17) is 14.6 Å². The van der Waals surface area contributed by atoms with Crippen LogP contribution in [0.2, 0.25) is 0 Å². The molecule has 0 amide bonds. The Morgan fingerprint density at radius 3 is 2.11 bits per heavy atom. The van der Waals surface area contributed by atoms with E-state index in [2.05, 4.69) is 6.07 Å². The van der Waals surface area contributed by atoms with Crippen molar-refractivity contribution in [2.75, 3.05) is 20.8 Å². The summed E-state index contributed by atoms with van der Waals surface area (Å²) in [5.41, 5.74) is 3.23. The lowest BCUT2D eigenvalue weighted by Crippen LogP contribution is -1.93. The highest BCUT2D eigenvalue weighted by molar-refractivity contribution is 5.67. The smallest absolute Gasteiger partial charge is 0.119 e. The van der Waals surface area contributed by atoms with Gasteiger partial charge in [-0.2, -0.15) is 0 Å². The number of benzene rings is 2. The van der Waals surface area contributed by atoms with Gasteiger partial charge in [0.2, 0.25) is 0 Å². The van der Waals surface area contributed by atoms with E-state index in [1.165, 1.54) is 0 Å². The van der Waals surface area contributed by atoms with Crippen LogP contribution in [-0.4, -0.2) is 25.9 Å². The van der Waals surface area contributed by atoms with Crippen molar-refractivity contribution in [3.63, 3.8) is 0 Å². The number of ether oxygens (including phenoxy) is 2. The molecule has 19 heavy (non-hydrogen) atoms. The number of aliphatic hydroxyl groups is 1. The highest BCUT2D eigenvalue weighted by atomic mass is 16.5. The van der Waals surface area contributed by atoms with Gasteiger partial charge < -0.3 is 14.6 Å². The second kappa shape index (κ2) is 6.25. The Morgan fingerprint density at radius 2 is 1.53 bits per heavy atom. The summed E-state index contributed by atoms with van der Waals surface area (Å²) in [6.07, 6.45) is 0.625. The topological polar surface area (TPSA) is 38.7 Å². The molecule has 0 spiro atoms. The van der Waals surface area contributed by atoms with Gasteiger partial charge in [-0.1, -0.05) is 18.2 Å². The van der Waals surface area contributed by atoms with Gasteiger partial charge in [-0.25, -0.2) is 0 Å². The second-order valence-corrected chi connectivity index (χ2v) is 4.27. The minimum atomic E-state index is 0.134. The third-order valence-electron chi connectivity index (χ3n) is 3.03. The van der Waals surface area contributed by atoms with Crippen LogP contribution >= 0.6 is 0 Å².